The fourth-order valence-corrected chi connectivity index (χ4v) is 6.11. The lowest BCUT2D eigenvalue weighted by Crippen LogP contribution is -2.45. The van der Waals surface area contributed by atoms with Crippen LogP contribution in [0.4, 0.5) is 5.69 Å². The van der Waals surface area contributed by atoms with Crippen LogP contribution in [0.2, 0.25) is 0 Å². The zero-order valence-electron chi connectivity index (χ0n) is 20.4. The molecule has 0 amide bonds. The zero-order valence-corrected chi connectivity index (χ0v) is 22.6. The molecule has 1 aliphatic carbocycles. The van der Waals surface area contributed by atoms with Gasteiger partial charge in [-0.3, -0.25) is 4.98 Å². The highest BCUT2D eigenvalue weighted by Crippen LogP contribution is 2.35. The summed E-state index contributed by atoms with van der Waals surface area (Å²) < 4.78 is 1.12. The third kappa shape index (κ3) is 4.85. The van der Waals surface area contributed by atoms with E-state index in [-0.39, 0.29) is 0 Å². The topological polar surface area (TPSA) is 34.6 Å². The molecule has 0 bridgehead atoms. The molecule has 0 unspecified atom stereocenters. The van der Waals surface area contributed by atoms with Gasteiger partial charge in [0.05, 0.1) is 17.9 Å². The van der Waals surface area contributed by atoms with Gasteiger partial charge in [0.25, 0.3) is 0 Å². The molecule has 0 radical (unpaired) electrons. The maximum absolute atomic E-state index is 4.75. The van der Waals surface area contributed by atoms with Crippen molar-refractivity contribution in [3.63, 3.8) is 0 Å². The lowest BCUT2D eigenvalue weighted by atomic mass is 10.0. The number of anilines is 1. The number of pyridine rings is 1. The van der Waals surface area contributed by atoms with Gasteiger partial charge in [-0.15, -0.1) is 0 Å². The van der Waals surface area contributed by atoms with Gasteiger partial charge in [0.1, 0.15) is 5.82 Å². The number of nitrogens with zero attached hydrogens (tertiary/aromatic N) is 4. The molecule has 182 valence electrons. The summed E-state index contributed by atoms with van der Waals surface area (Å²) in [6.45, 7) is 21.9. The number of piperazine rings is 1. The van der Waals surface area contributed by atoms with Gasteiger partial charge in [-0.05, 0) is 53.5 Å². The highest BCUT2D eigenvalue weighted by atomic mass is 127. The predicted octanol–water partition coefficient (Wildman–Crippen LogP) is 6.03. The summed E-state index contributed by atoms with van der Waals surface area (Å²) >= 11 is 2.38. The summed E-state index contributed by atoms with van der Waals surface area (Å²) in [5.74, 6) is 1.50. The molecule has 2 aromatic rings. The zero-order chi connectivity index (χ0) is 24.5. The van der Waals surface area contributed by atoms with E-state index in [1.54, 1.807) is 0 Å². The molecule has 3 aliphatic rings. The number of fused-ring (bicyclic) bond motifs is 1. The Hall–Kier alpha value is -2.74. The monoisotopic (exact) mass is 579 g/mol. The van der Waals surface area contributed by atoms with Crippen molar-refractivity contribution in [3.05, 3.63) is 94.8 Å². The Morgan fingerprint density at radius 1 is 1.03 bits per heavy atom. The second kappa shape index (κ2) is 10.1. The molecular weight excluding hydrogens is 545 g/mol. The number of para-hydroxylation sites is 1. The first-order chi connectivity index (χ1) is 16.9. The number of rotatable bonds is 6. The van der Waals surface area contributed by atoms with Crippen molar-refractivity contribution in [2.45, 2.75) is 32.2 Å². The average Bonchev–Trinajstić information content (AvgIpc) is 3.42. The third-order valence-electron chi connectivity index (χ3n) is 7.58. The minimum absolute atomic E-state index is 0.627. The van der Waals surface area contributed by atoms with Crippen LogP contribution in [0.3, 0.4) is 0 Å². The molecule has 6 heteroatoms. The second-order valence-electron chi connectivity index (χ2n) is 9.70. The molecule has 2 aliphatic heterocycles. The van der Waals surface area contributed by atoms with Crippen molar-refractivity contribution < 1.29 is 0 Å². The maximum atomic E-state index is 4.75. The van der Waals surface area contributed by atoms with Crippen LogP contribution in [0.1, 0.15) is 42.5 Å². The van der Waals surface area contributed by atoms with E-state index in [0.29, 0.717) is 12.5 Å². The van der Waals surface area contributed by atoms with E-state index in [0.717, 1.165) is 69.5 Å². The predicted molar refractivity (Wildman–Crippen MR) is 154 cm³/mol. The molecule has 1 saturated heterocycles. The van der Waals surface area contributed by atoms with Gasteiger partial charge in [0, 0.05) is 64.2 Å². The number of hydrogen-bond donors (Lipinski definition) is 1. The highest BCUT2D eigenvalue weighted by molar-refractivity contribution is 14.1. The summed E-state index contributed by atoms with van der Waals surface area (Å²) in [7, 11) is 0. The first kappa shape index (κ1) is 24.0. The summed E-state index contributed by atoms with van der Waals surface area (Å²) in [4.78, 5) is 11.8. The van der Waals surface area contributed by atoms with Gasteiger partial charge >= 0.3 is 0 Å². The van der Waals surface area contributed by atoms with E-state index in [4.69, 9.17) is 4.98 Å². The van der Waals surface area contributed by atoms with Gasteiger partial charge in [0.15, 0.2) is 0 Å². The van der Waals surface area contributed by atoms with E-state index in [2.05, 4.69) is 87.1 Å². The van der Waals surface area contributed by atoms with E-state index in [1.165, 1.54) is 31.4 Å². The fourth-order valence-electron chi connectivity index (χ4n) is 5.50. The molecular formula is C29H34IN5. The molecule has 5 nitrogen and oxygen atoms in total. The Balaban J connectivity index is 1.29. The molecule has 0 atom stereocenters. The van der Waals surface area contributed by atoms with Gasteiger partial charge in [-0.2, -0.15) is 0 Å². The van der Waals surface area contributed by atoms with Crippen molar-refractivity contribution in [3.8, 4) is 0 Å². The fraction of sp³-hybridized carbons (Fsp3) is 0.345. The van der Waals surface area contributed by atoms with Crippen LogP contribution in [0.5, 0.6) is 0 Å². The van der Waals surface area contributed by atoms with Crippen molar-refractivity contribution >= 4 is 39.7 Å². The van der Waals surface area contributed by atoms with Crippen LogP contribution >= 0.6 is 22.6 Å². The van der Waals surface area contributed by atoms with Gasteiger partial charge < -0.3 is 20.0 Å². The summed E-state index contributed by atoms with van der Waals surface area (Å²) in [5.41, 5.74) is 7.64. The summed E-state index contributed by atoms with van der Waals surface area (Å²) in [6.07, 6.45) is 7.27. The minimum Gasteiger partial charge on any atom is -0.372 e. The SMILES string of the molecule is C=C1NC(=C)N(Cc2cc(C(=C)N3CCN(C(=C)C4CCCC4)CC3)c(I)cn2)c2ccccc21. The number of aromatic nitrogens is 1. The normalized spacial score (nSPS) is 18.5. The van der Waals surface area contributed by atoms with Gasteiger partial charge in [0.2, 0.25) is 0 Å². The molecule has 1 aromatic carbocycles. The first-order valence-corrected chi connectivity index (χ1v) is 13.5. The third-order valence-corrected chi connectivity index (χ3v) is 8.44. The van der Waals surface area contributed by atoms with Crippen molar-refractivity contribution in [1.29, 1.82) is 0 Å². The standard InChI is InChI=1S/C29H34IN5/c1-20-26-11-7-8-12-29(26)35(23(4)32-20)19-25-17-27(28(30)18-31-25)22(3)34-15-13-33(14-16-34)21(2)24-9-5-6-10-24/h7-8,11-12,17-18,24,32H,1-6,9-10,13-16,19H2. The Kier molecular flexibility index (Phi) is 6.91. The average molecular weight is 580 g/mol. The quantitative estimate of drug-likeness (QED) is 0.423. The summed E-state index contributed by atoms with van der Waals surface area (Å²) in [5, 5.41) is 3.31. The van der Waals surface area contributed by atoms with Crippen LogP contribution in [-0.4, -0.2) is 41.0 Å². The van der Waals surface area contributed by atoms with Crippen molar-refractivity contribution in [1.82, 2.24) is 20.1 Å². The number of benzene rings is 1. The smallest absolute Gasteiger partial charge is 0.103 e. The first-order valence-electron chi connectivity index (χ1n) is 12.5. The molecule has 5 rings (SSSR count). The Morgan fingerprint density at radius 2 is 1.71 bits per heavy atom. The Morgan fingerprint density at radius 3 is 2.46 bits per heavy atom. The van der Waals surface area contributed by atoms with Crippen LogP contribution in [0.15, 0.2) is 74.4 Å². The van der Waals surface area contributed by atoms with Crippen molar-refractivity contribution in [2.75, 3.05) is 31.1 Å². The summed E-state index contributed by atoms with van der Waals surface area (Å²) in [6, 6.07) is 10.5. The van der Waals surface area contributed by atoms with Crippen LogP contribution in [-0.2, 0) is 6.54 Å². The maximum Gasteiger partial charge on any atom is 0.103 e. The van der Waals surface area contributed by atoms with Crippen LogP contribution in [0.25, 0.3) is 11.4 Å². The largest absolute Gasteiger partial charge is 0.372 e. The van der Waals surface area contributed by atoms with Gasteiger partial charge in [-0.25, -0.2) is 0 Å². The Bertz CT molecular complexity index is 1170. The Labute approximate surface area is 223 Å². The second-order valence-corrected chi connectivity index (χ2v) is 10.9. The molecule has 1 N–H and O–H groups in total. The minimum atomic E-state index is 0.627. The van der Waals surface area contributed by atoms with Crippen molar-refractivity contribution in [2.24, 2.45) is 5.92 Å². The number of allylic oxidation sites excluding steroid dienone is 1. The molecule has 35 heavy (non-hydrogen) atoms. The molecule has 0 spiro atoms. The highest BCUT2D eigenvalue weighted by Gasteiger charge is 2.27. The van der Waals surface area contributed by atoms with E-state index >= 15 is 0 Å². The van der Waals surface area contributed by atoms with E-state index in [1.807, 2.05) is 18.3 Å². The number of halogens is 1. The molecule has 1 saturated carbocycles. The number of nitrogens with one attached hydrogen (secondary N) is 1. The number of hydrogen-bond acceptors (Lipinski definition) is 5. The van der Waals surface area contributed by atoms with Gasteiger partial charge in [-0.1, -0.05) is 57.4 Å². The van der Waals surface area contributed by atoms with Crippen LogP contribution < -0.4 is 10.2 Å². The molecule has 3 heterocycles. The molecule has 2 fully saturated rings. The van der Waals surface area contributed by atoms with E-state index in [9.17, 15) is 0 Å². The van der Waals surface area contributed by atoms with E-state index < -0.39 is 0 Å². The molecule has 1 aromatic heterocycles. The lowest BCUT2D eigenvalue weighted by Gasteiger charge is -2.40. The lowest BCUT2D eigenvalue weighted by molar-refractivity contribution is 0.197. The van der Waals surface area contributed by atoms with Crippen LogP contribution in [0, 0.1) is 9.49 Å².